The number of benzene rings is 1. The molecule has 7 heteroatoms. The van der Waals surface area contributed by atoms with Gasteiger partial charge in [0.1, 0.15) is 6.26 Å². The quantitative estimate of drug-likeness (QED) is 0.525. The Labute approximate surface area is 151 Å². The number of nitrogens with one attached hydrogen (secondary N) is 2. The number of aromatic nitrogens is 2. The third-order valence-electron chi connectivity index (χ3n) is 3.53. The summed E-state index contributed by atoms with van der Waals surface area (Å²) in [6.45, 7) is 3.39. The molecule has 0 aliphatic carbocycles. The van der Waals surface area contributed by atoms with Gasteiger partial charge < -0.3 is 15.1 Å². The largest absolute Gasteiger partial charge is 0.444 e. The number of aliphatic imine (C=N–C) groups is 1. The summed E-state index contributed by atoms with van der Waals surface area (Å²) in [6, 6.07) is 9.85. The maximum absolute atomic E-state index is 5.54. The second-order valence-corrected chi connectivity index (χ2v) is 6.80. The minimum Gasteiger partial charge on any atom is -0.444 e. The Hall–Kier alpha value is -2.67. The Kier molecular flexibility index (Phi) is 5.79. The lowest BCUT2D eigenvalue weighted by molar-refractivity contribution is 0.572. The highest BCUT2D eigenvalue weighted by atomic mass is 32.1. The third-order valence-corrected chi connectivity index (χ3v) is 4.51. The van der Waals surface area contributed by atoms with E-state index in [1.807, 2.05) is 36.5 Å². The zero-order valence-corrected chi connectivity index (χ0v) is 15.1. The van der Waals surface area contributed by atoms with Gasteiger partial charge in [-0.1, -0.05) is 18.2 Å². The summed E-state index contributed by atoms with van der Waals surface area (Å²) in [7, 11) is 1.75. The first-order valence-corrected chi connectivity index (χ1v) is 8.92. The molecule has 2 N–H and O–H groups in total. The molecule has 25 heavy (non-hydrogen) atoms. The predicted octanol–water partition coefficient (Wildman–Crippen LogP) is 3.01. The van der Waals surface area contributed by atoms with Gasteiger partial charge >= 0.3 is 0 Å². The lowest BCUT2D eigenvalue weighted by atomic mass is 10.2. The topological polar surface area (TPSA) is 75.3 Å². The standard InChI is InChI=1S/C18H21N5OS/c1-13-10-21-16(25-13)8-9-20-18(19-2)22-11-15-12-24-17(23-15)14-6-4-3-5-7-14/h3-7,10,12H,8-9,11H2,1-2H3,(H2,19,20,22). The molecule has 0 aliphatic rings. The maximum atomic E-state index is 5.54. The average Bonchev–Trinajstić information content (AvgIpc) is 3.28. The minimum absolute atomic E-state index is 0.548. The van der Waals surface area contributed by atoms with Crippen molar-refractivity contribution in [2.45, 2.75) is 19.9 Å². The van der Waals surface area contributed by atoms with Crippen molar-refractivity contribution in [3.8, 4) is 11.5 Å². The summed E-state index contributed by atoms with van der Waals surface area (Å²) in [4.78, 5) is 14.3. The fourth-order valence-electron chi connectivity index (χ4n) is 2.30. The zero-order valence-electron chi connectivity index (χ0n) is 14.3. The second kappa shape index (κ2) is 8.43. The van der Waals surface area contributed by atoms with Crippen molar-refractivity contribution in [2.24, 2.45) is 4.99 Å². The van der Waals surface area contributed by atoms with Gasteiger partial charge in [-0.25, -0.2) is 9.97 Å². The van der Waals surface area contributed by atoms with E-state index in [2.05, 4.69) is 32.5 Å². The first kappa shape index (κ1) is 17.2. The molecule has 1 aromatic carbocycles. The normalized spacial score (nSPS) is 11.5. The van der Waals surface area contributed by atoms with Crippen LogP contribution < -0.4 is 10.6 Å². The Morgan fingerprint density at radius 2 is 2.08 bits per heavy atom. The van der Waals surface area contributed by atoms with Crippen LogP contribution in [0.1, 0.15) is 15.6 Å². The van der Waals surface area contributed by atoms with E-state index in [4.69, 9.17) is 4.42 Å². The number of thiazole rings is 1. The van der Waals surface area contributed by atoms with Gasteiger partial charge in [0.05, 0.1) is 17.2 Å². The molecule has 0 saturated carbocycles. The summed E-state index contributed by atoms with van der Waals surface area (Å²) in [6.07, 6.45) is 4.45. The van der Waals surface area contributed by atoms with Gasteiger partial charge in [0.15, 0.2) is 5.96 Å². The van der Waals surface area contributed by atoms with Crippen LogP contribution in [0.2, 0.25) is 0 Å². The SMILES string of the molecule is CN=C(NCCc1ncc(C)s1)NCc1coc(-c2ccccc2)n1. The molecule has 3 aromatic rings. The monoisotopic (exact) mass is 355 g/mol. The molecule has 6 nitrogen and oxygen atoms in total. The summed E-state index contributed by atoms with van der Waals surface area (Å²) < 4.78 is 5.54. The van der Waals surface area contributed by atoms with Gasteiger partial charge in [-0.2, -0.15) is 0 Å². The highest BCUT2D eigenvalue weighted by molar-refractivity contribution is 7.11. The molecule has 3 rings (SSSR count). The van der Waals surface area contributed by atoms with Gasteiger partial charge in [-0.15, -0.1) is 11.3 Å². The molecule has 0 atom stereocenters. The van der Waals surface area contributed by atoms with Crippen molar-refractivity contribution in [1.82, 2.24) is 20.6 Å². The van der Waals surface area contributed by atoms with Gasteiger partial charge in [0.25, 0.3) is 0 Å². The summed E-state index contributed by atoms with van der Waals surface area (Å²) in [5.74, 6) is 1.36. The molecule has 0 unspecified atom stereocenters. The Balaban J connectivity index is 1.47. The summed E-state index contributed by atoms with van der Waals surface area (Å²) in [5, 5.41) is 7.65. The fourth-order valence-corrected chi connectivity index (χ4v) is 3.09. The van der Waals surface area contributed by atoms with E-state index in [9.17, 15) is 0 Å². The Bertz CT molecular complexity index is 825. The van der Waals surface area contributed by atoms with Crippen LogP contribution in [-0.4, -0.2) is 29.5 Å². The van der Waals surface area contributed by atoms with Crippen LogP contribution in [0.15, 0.2) is 52.2 Å². The van der Waals surface area contributed by atoms with Crippen LogP contribution >= 0.6 is 11.3 Å². The average molecular weight is 355 g/mol. The van der Waals surface area contributed by atoms with E-state index in [0.717, 1.165) is 35.2 Å². The molecule has 0 fully saturated rings. The smallest absolute Gasteiger partial charge is 0.226 e. The van der Waals surface area contributed by atoms with Crippen LogP contribution in [-0.2, 0) is 13.0 Å². The fraction of sp³-hybridized carbons (Fsp3) is 0.278. The van der Waals surface area contributed by atoms with Gasteiger partial charge in [-0.3, -0.25) is 4.99 Å². The lowest BCUT2D eigenvalue weighted by Gasteiger charge is -2.09. The van der Waals surface area contributed by atoms with Crippen LogP contribution in [0.25, 0.3) is 11.5 Å². The van der Waals surface area contributed by atoms with Gasteiger partial charge in [0.2, 0.25) is 5.89 Å². The number of oxazole rings is 1. The van der Waals surface area contributed by atoms with Crippen LogP contribution in [0, 0.1) is 6.92 Å². The molecule has 0 radical (unpaired) electrons. The maximum Gasteiger partial charge on any atom is 0.226 e. The second-order valence-electron chi connectivity index (χ2n) is 5.48. The molecule has 130 valence electrons. The Morgan fingerprint density at radius 3 is 2.80 bits per heavy atom. The van der Waals surface area contributed by atoms with E-state index in [-0.39, 0.29) is 0 Å². The number of guanidine groups is 1. The van der Waals surface area contributed by atoms with Crippen molar-refractivity contribution >= 4 is 17.3 Å². The number of aryl methyl sites for hydroxylation is 1. The molecule has 0 aliphatic heterocycles. The molecule has 0 amide bonds. The van der Waals surface area contributed by atoms with Crippen LogP contribution in [0.5, 0.6) is 0 Å². The van der Waals surface area contributed by atoms with E-state index in [1.54, 1.807) is 24.6 Å². The summed E-state index contributed by atoms with van der Waals surface area (Å²) >= 11 is 1.72. The van der Waals surface area contributed by atoms with Gasteiger partial charge in [-0.05, 0) is 19.1 Å². The third kappa shape index (κ3) is 4.90. The highest BCUT2D eigenvalue weighted by Crippen LogP contribution is 2.17. The van der Waals surface area contributed by atoms with Crippen molar-refractivity contribution in [3.05, 3.63) is 58.4 Å². The summed E-state index contributed by atoms with van der Waals surface area (Å²) in [5.41, 5.74) is 1.80. The van der Waals surface area contributed by atoms with Gasteiger partial charge in [0, 0.05) is 36.7 Å². The first-order chi connectivity index (χ1) is 12.2. The van der Waals surface area contributed by atoms with E-state index >= 15 is 0 Å². The lowest BCUT2D eigenvalue weighted by Crippen LogP contribution is -2.37. The molecule has 0 saturated heterocycles. The zero-order chi connectivity index (χ0) is 17.5. The first-order valence-electron chi connectivity index (χ1n) is 8.10. The number of hydrogen-bond donors (Lipinski definition) is 2. The molecule has 0 spiro atoms. The number of rotatable bonds is 6. The van der Waals surface area contributed by atoms with E-state index in [1.165, 1.54) is 4.88 Å². The van der Waals surface area contributed by atoms with Crippen molar-refractivity contribution in [1.29, 1.82) is 0 Å². The van der Waals surface area contributed by atoms with Crippen molar-refractivity contribution < 1.29 is 4.42 Å². The Morgan fingerprint density at radius 1 is 1.24 bits per heavy atom. The highest BCUT2D eigenvalue weighted by Gasteiger charge is 2.07. The molecular weight excluding hydrogens is 334 g/mol. The predicted molar refractivity (Wildman–Crippen MR) is 101 cm³/mol. The molecule has 2 heterocycles. The van der Waals surface area contributed by atoms with E-state index in [0.29, 0.717) is 12.4 Å². The van der Waals surface area contributed by atoms with Crippen molar-refractivity contribution in [3.63, 3.8) is 0 Å². The van der Waals surface area contributed by atoms with Crippen LogP contribution in [0.3, 0.4) is 0 Å². The molecule has 2 aromatic heterocycles. The van der Waals surface area contributed by atoms with Crippen molar-refractivity contribution in [2.75, 3.05) is 13.6 Å². The minimum atomic E-state index is 0.548. The van der Waals surface area contributed by atoms with Crippen LogP contribution in [0.4, 0.5) is 0 Å². The van der Waals surface area contributed by atoms with E-state index < -0.39 is 0 Å². The number of nitrogens with zero attached hydrogens (tertiary/aromatic N) is 3. The molecular formula is C18H21N5OS. The number of hydrogen-bond acceptors (Lipinski definition) is 5. The molecule has 0 bridgehead atoms.